The van der Waals surface area contributed by atoms with Crippen LogP contribution in [0, 0.1) is 0 Å². The molecule has 0 unspecified atom stereocenters. The number of hydrogen-bond donors (Lipinski definition) is 1. The maximum atomic E-state index is 11.4. The maximum absolute atomic E-state index is 11.4. The monoisotopic (exact) mass is 309 g/mol. The summed E-state index contributed by atoms with van der Waals surface area (Å²) in [4.78, 5) is 22.5. The zero-order chi connectivity index (χ0) is 16.0. The Kier molecular flexibility index (Phi) is 9.45. The summed E-state index contributed by atoms with van der Waals surface area (Å²) in [5.41, 5.74) is 0.933. The van der Waals surface area contributed by atoms with Crippen LogP contribution in [0.3, 0.4) is 0 Å². The maximum Gasteiger partial charge on any atom is 0.407 e. The van der Waals surface area contributed by atoms with Crippen molar-refractivity contribution in [1.82, 2.24) is 5.32 Å². The van der Waals surface area contributed by atoms with Crippen molar-refractivity contribution in [3.05, 3.63) is 35.9 Å². The van der Waals surface area contributed by atoms with Crippen LogP contribution in [0.4, 0.5) is 4.79 Å². The zero-order valence-corrected chi connectivity index (χ0v) is 12.9. The molecule has 0 aliphatic rings. The molecule has 0 bridgehead atoms. The first-order chi connectivity index (χ1) is 10.7. The molecule has 0 atom stereocenters. The molecule has 6 heteroatoms. The number of benzene rings is 1. The standard InChI is InChI=1S/C16H23NO5/c1-2-6-15(18)21-12-11-20-10-9-17-16(19)22-13-14-7-4-3-5-8-14/h3-5,7-8H,2,6,9-13H2,1H3,(H,17,19). The van der Waals surface area contributed by atoms with Crippen LogP contribution in [0.5, 0.6) is 0 Å². The SMILES string of the molecule is CCCC(=O)OCCOCCNC(=O)OCc1ccccc1. The Balaban J connectivity index is 1.94. The van der Waals surface area contributed by atoms with Gasteiger partial charge >= 0.3 is 12.1 Å². The van der Waals surface area contributed by atoms with Crippen LogP contribution in [0.25, 0.3) is 0 Å². The van der Waals surface area contributed by atoms with Crippen molar-refractivity contribution >= 4 is 12.1 Å². The van der Waals surface area contributed by atoms with E-state index in [1.54, 1.807) is 0 Å². The van der Waals surface area contributed by atoms with E-state index in [0.29, 0.717) is 26.2 Å². The zero-order valence-electron chi connectivity index (χ0n) is 12.9. The van der Waals surface area contributed by atoms with Gasteiger partial charge < -0.3 is 19.5 Å². The molecule has 0 aliphatic heterocycles. The molecule has 6 nitrogen and oxygen atoms in total. The van der Waals surface area contributed by atoms with Crippen molar-refractivity contribution in [2.75, 3.05) is 26.4 Å². The van der Waals surface area contributed by atoms with Gasteiger partial charge in [0.15, 0.2) is 0 Å². The molecule has 0 saturated carbocycles. The second-order valence-corrected chi connectivity index (χ2v) is 4.57. The lowest BCUT2D eigenvalue weighted by atomic mass is 10.2. The molecule has 1 aromatic carbocycles. The lowest BCUT2D eigenvalue weighted by Gasteiger charge is -2.08. The third-order valence-corrected chi connectivity index (χ3v) is 2.67. The fraction of sp³-hybridized carbons (Fsp3) is 0.500. The van der Waals surface area contributed by atoms with Gasteiger partial charge in [-0.25, -0.2) is 4.79 Å². The summed E-state index contributed by atoms with van der Waals surface area (Å²) in [5.74, 6) is -0.214. The van der Waals surface area contributed by atoms with Crippen LogP contribution < -0.4 is 5.32 Å². The average molecular weight is 309 g/mol. The fourth-order valence-electron chi connectivity index (χ4n) is 1.59. The first-order valence-corrected chi connectivity index (χ1v) is 7.40. The summed E-state index contributed by atoms with van der Waals surface area (Å²) in [7, 11) is 0. The number of alkyl carbamates (subject to hydrolysis) is 1. The Morgan fingerprint density at radius 1 is 1.05 bits per heavy atom. The fourth-order valence-corrected chi connectivity index (χ4v) is 1.59. The predicted molar refractivity (Wildman–Crippen MR) is 81.3 cm³/mol. The third kappa shape index (κ3) is 8.97. The van der Waals surface area contributed by atoms with Gasteiger partial charge in [0, 0.05) is 13.0 Å². The minimum absolute atomic E-state index is 0.214. The summed E-state index contributed by atoms with van der Waals surface area (Å²) in [6.45, 7) is 3.39. The molecule has 0 aromatic heterocycles. The molecule has 0 fully saturated rings. The van der Waals surface area contributed by atoms with Crippen molar-refractivity contribution in [2.24, 2.45) is 0 Å². The Bertz CT molecular complexity index is 435. The average Bonchev–Trinajstić information content (AvgIpc) is 2.53. The van der Waals surface area contributed by atoms with Crippen molar-refractivity contribution in [2.45, 2.75) is 26.4 Å². The minimum atomic E-state index is -0.484. The van der Waals surface area contributed by atoms with Crippen molar-refractivity contribution in [3.8, 4) is 0 Å². The third-order valence-electron chi connectivity index (χ3n) is 2.67. The first-order valence-electron chi connectivity index (χ1n) is 7.40. The topological polar surface area (TPSA) is 73.9 Å². The first kappa shape index (κ1) is 18.0. The highest BCUT2D eigenvalue weighted by Gasteiger charge is 2.02. The quantitative estimate of drug-likeness (QED) is 0.530. The summed E-state index contributed by atoms with van der Waals surface area (Å²) < 4.78 is 15.2. The number of esters is 1. The smallest absolute Gasteiger partial charge is 0.407 e. The van der Waals surface area contributed by atoms with Crippen molar-refractivity contribution < 1.29 is 23.8 Å². The molecule has 0 spiro atoms. The van der Waals surface area contributed by atoms with E-state index >= 15 is 0 Å². The van der Waals surface area contributed by atoms with E-state index in [-0.39, 0.29) is 19.2 Å². The van der Waals surface area contributed by atoms with Gasteiger partial charge in [-0.1, -0.05) is 37.3 Å². The number of amides is 1. The van der Waals surface area contributed by atoms with Gasteiger partial charge in [0.25, 0.3) is 0 Å². The van der Waals surface area contributed by atoms with Crippen molar-refractivity contribution in [3.63, 3.8) is 0 Å². The number of ether oxygens (including phenoxy) is 3. The Morgan fingerprint density at radius 3 is 2.55 bits per heavy atom. The highest BCUT2D eigenvalue weighted by molar-refractivity contribution is 5.69. The van der Waals surface area contributed by atoms with E-state index in [0.717, 1.165) is 12.0 Å². The predicted octanol–water partition coefficient (Wildman–Crippen LogP) is 2.27. The molecule has 0 saturated heterocycles. The van der Waals surface area contributed by atoms with Gasteiger partial charge in [-0.05, 0) is 12.0 Å². The van der Waals surface area contributed by atoms with Gasteiger partial charge in [-0.2, -0.15) is 0 Å². The Labute approximate surface area is 130 Å². The molecule has 0 aliphatic carbocycles. The molecule has 1 amide bonds. The van der Waals surface area contributed by atoms with Gasteiger partial charge in [0.05, 0.1) is 13.2 Å². The van der Waals surface area contributed by atoms with E-state index in [9.17, 15) is 9.59 Å². The van der Waals surface area contributed by atoms with E-state index < -0.39 is 6.09 Å². The number of rotatable bonds is 10. The number of nitrogens with one attached hydrogen (secondary N) is 1. The molecule has 1 rings (SSSR count). The van der Waals surface area contributed by atoms with E-state index in [1.807, 2.05) is 37.3 Å². The summed E-state index contributed by atoms with van der Waals surface area (Å²) in [6.07, 6.45) is 0.714. The van der Waals surface area contributed by atoms with Crippen LogP contribution in [-0.4, -0.2) is 38.4 Å². The van der Waals surface area contributed by atoms with E-state index in [1.165, 1.54) is 0 Å². The van der Waals surface area contributed by atoms with Crippen molar-refractivity contribution in [1.29, 1.82) is 0 Å². The summed E-state index contributed by atoms with van der Waals surface area (Å²) >= 11 is 0. The number of carbonyl (C=O) groups excluding carboxylic acids is 2. The van der Waals surface area contributed by atoms with Gasteiger partial charge in [-0.15, -0.1) is 0 Å². The van der Waals surface area contributed by atoms with Crippen LogP contribution in [0.2, 0.25) is 0 Å². The molecule has 1 N–H and O–H groups in total. The molecule has 0 radical (unpaired) electrons. The second-order valence-electron chi connectivity index (χ2n) is 4.57. The molecule has 22 heavy (non-hydrogen) atoms. The molecular formula is C16H23NO5. The lowest BCUT2D eigenvalue weighted by Crippen LogP contribution is -2.28. The van der Waals surface area contributed by atoms with Crippen LogP contribution in [0.15, 0.2) is 30.3 Å². The second kappa shape index (κ2) is 11.6. The minimum Gasteiger partial charge on any atom is -0.463 e. The van der Waals surface area contributed by atoms with Crippen LogP contribution in [0.1, 0.15) is 25.3 Å². The van der Waals surface area contributed by atoms with E-state index in [2.05, 4.69) is 5.32 Å². The van der Waals surface area contributed by atoms with E-state index in [4.69, 9.17) is 14.2 Å². The number of hydrogen-bond acceptors (Lipinski definition) is 5. The Morgan fingerprint density at radius 2 is 1.82 bits per heavy atom. The highest BCUT2D eigenvalue weighted by Crippen LogP contribution is 2.00. The summed E-state index contributed by atoms with van der Waals surface area (Å²) in [6, 6.07) is 9.45. The highest BCUT2D eigenvalue weighted by atomic mass is 16.6. The van der Waals surface area contributed by atoms with Gasteiger partial charge in [0.2, 0.25) is 0 Å². The molecule has 122 valence electrons. The number of carbonyl (C=O) groups is 2. The van der Waals surface area contributed by atoms with Crippen LogP contribution in [-0.2, 0) is 25.6 Å². The molecule has 0 heterocycles. The molecular weight excluding hydrogens is 286 g/mol. The lowest BCUT2D eigenvalue weighted by molar-refractivity contribution is -0.145. The largest absolute Gasteiger partial charge is 0.463 e. The Hall–Kier alpha value is -2.08. The normalized spacial score (nSPS) is 10.0. The van der Waals surface area contributed by atoms with Gasteiger partial charge in [0.1, 0.15) is 13.2 Å². The molecule has 1 aromatic rings. The van der Waals surface area contributed by atoms with Crippen LogP contribution >= 0.6 is 0 Å². The van der Waals surface area contributed by atoms with Gasteiger partial charge in [-0.3, -0.25) is 4.79 Å². The summed E-state index contributed by atoms with van der Waals surface area (Å²) in [5, 5.41) is 2.58.